The lowest BCUT2D eigenvalue weighted by Crippen LogP contribution is -2.44. The first-order valence-electron chi connectivity index (χ1n) is 7.31. The number of alkyl halides is 3. The van der Waals surface area contributed by atoms with E-state index in [9.17, 15) is 22.8 Å². The molecular weight excluding hydrogens is 329 g/mol. The minimum absolute atomic E-state index is 0.000270. The molecule has 23 heavy (non-hydrogen) atoms. The first-order valence-corrected chi connectivity index (χ1v) is 8.13. The molecule has 1 aromatic rings. The number of carbonyl (C=O) groups is 2. The van der Waals surface area contributed by atoms with Gasteiger partial charge in [-0.2, -0.15) is 13.2 Å². The standard InChI is InChI=1S/C15H17F3N2O2S/c16-15(17,18)23-12-8-6-11(7-9-12)14(22)20-19-13(21)10-4-2-1-3-5-10/h6-10H,1-5H2,(H,19,21)(H,20,22). The van der Waals surface area contributed by atoms with Crippen LogP contribution >= 0.6 is 11.8 Å². The van der Waals surface area contributed by atoms with Gasteiger partial charge in [-0.3, -0.25) is 20.4 Å². The quantitative estimate of drug-likeness (QED) is 0.649. The highest BCUT2D eigenvalue weighted by Gasteiger charge is 2.29. The maximum Gasteiger partial charge on any atom is 0.446 e. The molecule has 0 heterocycles. The van der Waals surface area contributed by atoms with Crippen LogP contribution in [0.2, 0.25) is 0 Å². The van der Waals surface area contributed by atoms with Gasteiger partial charge in [-0.1, -0.05) is 19.3 Å². The molecule has 2 rings (SSSR count). The average Bonchev–Trinajstić information content (AvgIpc) is 2.52. The zero-order chi connectivity index (χ0) is 16.9. The fourth-order valence-corrected chi connectivity index (χ4v) is 3.00. The number of hydrogen-bond acceptors (Lipinski definition) is 3. The second-order valence-corrected chi connectivity index (χ2v) is 6.49. The van der Waals surface area contributed by atoms with Crippen LogP contribution in [0.15, 0.2) is 29.2 Å². The van der Waals surface area contributed by atoms with Crippen LogP contribution in [0.1, 0.15) is 42.5 Å². The summed E-state index contributed by atoms with van der Waals surface area (Å²) < 4.78 is 36.7. The third-order valence-electron chi connectivity index (χ3n) is 3.63. The van der Waals surface area contributed by atoms with Crippen LogP contribution in [0.25, 0.3) is 0 Å². The summed E-state index contributed by atoms with van der Waals surface area (Å²) in [5.41, 5.74) is 0.494. The highest BCUT2D eigenvalue weighted by atomic mass is 32.2. The molecule has 0 aliphatic heterocycles. The van der Waals surface area contributed by atoms with Crippen molar-refractivity contribution in [2.45, 2.75) is 42.5 Å². The largest absolute Gasteiger partial charge is 0.446 e. The molecule has 1 saturated carbocycles. The lowest BCUT2D eigenvalue weighted by Gasteiger charge is -2.20. The fraction of sp³-hybridized carbons (Fsp3) is 0.467. The van der Waals surface area contributed by atoms with Crippen molar-refractivity contribution in [3.05, 3.63) is 29.8 Å². The minimum Gasteiger partial charge on any atom is -0.273 e. The van der Waals surface area contributed by atoms with Crippen molar-refractivity contribution in [3.8, 4) is 0 Å². The van der Waals surface area contributed by atoms with Gasteiger partial charge in [0.1, 0.15) is 0 Å². The van der Waals surface area contributed by atoms with Crippen LogP contribution in [-0.4, -0.2) is 17.3 Å². The first kappa shape index (κ1) is 17.7. The average molecular weight is 346 g/mol. The van der Waals surface area contributed by atoms with Crippen LogP contribution in [0, 0.1) is 5.92 Å². The van der Waals surface area contributed by atoms with Gasteiger partial charge < -0.3 is 0 Å². The molecule has 8 heteroatoms. The van der Waals surface area contributed by atoms with Gasteiger partial charge in [0.25, 0.3) is 5.91 Å². The Morgan fingerprint density at radius 2 is 1.61 bits per heavy atom. The first-order chi connectivity index (χ1) is 10.8. The molecule has 1 aliphatic rings. The Balaban J connectivity index is 1.84. The van der Waals surface area contributed by atoms with Crippen LogP contribution in [0.4, 0.5) is 13.2 Å². The van der Waals surface area contributed by atoms with Gasteiger partial charge in [0.2, 0.25) is 5.91 Å². The Bertz CT molecular complexity index is 555. The Labute approximate surface area is 136 Å². The Kier molecular flexibility index (Phi) is 5.92. The van der Waals surface area contributed by atoms with Crippen molar-refractivity contribution in [2.24, 2.45) is 5.92 Å². The second-order valence-electron chi connectivity index (χ2n) is 5.35. The molecule has 2 N–H and O–H groups in total. The van der Waals surface area contributed by atoms with Crippen LogP contribution in [-0.2, 0) is 4.79 Å². The third-order valence-corrected chi connectivity index (χ3v) is 4.36. The Morgan fingerprint density at radius 1 is 1.00 bits per heavy atom. The summed E-state index contributed by atoms with van der Waals surface area (Å²) in [6, 6.07) is 5.01. The number of carbonyl (C=O) groups excluding carboxylic acids is 2. The number of rotatable bonds is 3. The van der Waals surface area contributed by atoms with Crippen LogP contribution in [0.3, 0.4) is 0 Å². The lowest BCUT2D eigenvalue weighted by molar-refractivity contribution is -0.126. The van der Waals surface area contributed by atoms with E-state index in [1.807, 2.05) is 0 Å². The van der Waals surface area contributed by atoms with E-state index < -0.39 is 11.4 Å². The van der Waals surface area contributed by atoms with Gasteiger partial charge in [-0.25, -0.2) is 0 Å². The van der Waals surface area contributed by atoms with Gasteiger partial charge >= 0.3 is 5.51 Å². The highest BCUT2D eigenvalue weighted by Crippen LogP contribution is 2.36. The molecule has 1 aromatic carbocycles. The van der Waals surface area contributed by atoms with Gasteiger partial charge in [0, 0.05) is 16.4 Å². The normalized spacial score (nSPS) is 16.0. The van der Waals surface area contributed by atoms with E-state index in [1.54, 1.807) is 0 Å². The molecular formula is C15H17F3N2O2S. The van der Waals surface area contributed by atoms with E-state index in [-0.39, 0.29) is 34.0 Å². The number of benzene rings is 1. The summed E-state index contributed by atoms with van der Waals surface area (Å²) in [5.74, 6) is -0.866. The maximum absolute atomic E-state index is 12.2. The molecule has 4 nitrogen and oxygen atoms in total. The van der Waals surface area contributed by atoms with Crippen LogP contribution < -0.4 is 10.9 Å². The van der Waals surface area contributed by atoms with Crippen LogP contribution in [0.5, 0.6) is 0 Å². The molecule has 0 saturated heterocycles. The molecule has 0 aromatic heterocycles. The zero-order valence-corrected chi connectivity index (χ0v) is 13.1. The van der Waals surface area contributed by atoms with E-state index >= 15 is 0 Å². The number of nitrogens with one attached hydrogen (secondary N) is 2. The van der Waals surface area contributed by atoms with Crippen molar-refractivity contribution in [1.82, 2.24) is 10.9 Å². The molecule has 0 unspecified atom stereocenters. The topological polar surface area (TPSA) is 58.2 Å². The minimum atomic E-state index is -4.36. The van der Waals surface area contributed by atoms with E-state index in [2.05, 4.69) is 10.9 Å². The molecule has 0 radical (unpaired) electrons. The van der Waals surface area contributed by atoms with E-state index in [4.69, 9.17) is 0 Å². The summed E-state index contributed by atoms with van der Waals surface area (Å²) in [5, 5.41) is 0. The number of thioether (sulfide) groups is 1. The van der Waals surface area contributed by atoms with E-state index in [0.717, 1.165) is 32.1 Å². The summed E-state index contributed by atoms with van der Waals surface area (Å²) in [6.07, 6.45) is 4.75. The van der Waals surface area contributed by atoms with Crippen molar-refractivity contribution in [1.29, 1.82) is 0 Å². The predicted molar refractivity (Wildman–Crippen MR) is 80.5 cm³/mol. The molecule has 0 atom stereocenters. The van der Waals surface area contributed by atoms with Crippen molar-refractivity contribution in [2.75, 3.05) is 0 Å². The molecule has 2 amide bonds. The molecule has 0 spiro atoms. The lowest BCUT2D eigenvalue weighted by atomic mass is 9.89. The maximum atomic E-state index is 12.2. The van der Waals surface area contributed by atoms with Gasteiger partial charge in [-0.15, -0.1) is 0 Å². The summed E-state index contributed by atoms with van der Waals surface area (Å²) in [6.45, 7) is 0. The van der Waals surface area contributed by atoms with E-state index in [1.165, 1.54) is 24.3 Å². The molecule has 126 valence electrons. The smallest absolute Gasteiger partial charge is 0.273 e. The van der Waals surface area contributed by atoms with Gasteiger partial charge in [-0.05, 0) is 48.9 Å². The fourth-order valence-electron chi connectivity index (χ4n) is 2.47. The number of hydrogen-bond donors (Lipinski definition) is 2. The predicted octanol–water partition coefficient (Wildman–Crippen LogP) is 3.64. The van der Waals surface area contributed by atoms with Crippen molar-refractivity contribution in [3.63, 3.8) is 0 Å². The number of hydrazine groups is 1. The zero-order valence-electron chi connectivity index (χ0n) is 12.3. The Hall–Kier alpha value is -1.70. The van der Waals surface area contributed by atoms with Gasteiger partial charge in [0.05, 0.1) is 0 Å². The molecule has 1 aliphatic carbocycles. The molecule has 1 fully saturated rings. The SMILES string of the molecule is O=C(NNC(=O)C1CCCCC1)c1ccc(SC(F)(F)F)cc1. The second kappa shape index (κ2) is 7.72. The van der Waals surface area contributed by atoms with Crippen molar-refractivity contribution < 1.29 is 22.8 Å². The van der Waals surface area contributed by atoms with Crippen molar-refractivity contribution >= 4 is 23.6 Å². The summed E-state index contributed by atoms with van der Waals surface area (Å²) in [4.78, 5) is 23.8. The number of amides is 2. The third kappa shape index (κ3) is 5.78. The highest BCUT2D eigenvalue weighted by molar-refractivity contribution is 8.00. The molecule has 0 bridgehead atoms. The number of halogens is 3. The summed E-state index contributed by atoms with van der Waals surface area (Å²) >= 11 is -0.243. The van der Waals surface area contributed by atoms with E-state index in [0.29, 0.717) is 0 Å². The monoisotopic (exact) mass is 346 g/mol. The van der Waals surface area contributed by atoms with Gasteiger partial charge in [0.15, 0.2) is 0 Å². The summed E-state index contributed by atoms with van der Waals surface area (Å²) in [7, 11) is 0. The Morgan fingerprint density at radius 3 is 2.17 bits per heavy atom.